The van der Waals surface area contributed by atoms with Gasteiger partial charge in [-0.05, 0) is 48.4 Å². The highest BCUT2D eigenvalue weighted by Gasteiger charge is 2.31. The summed E-state index contributed by atoms with van der Waals surface area (Å²) in [6, 6.07) is 19.0. The Balaban J connectivity index is 1.44. The van der Waals surface area contributed by atoms with Gasteiger partial charge in [0.25, 0.3) is 15.9 Å². The predicted octanol–water partition coefficient (Wildman–Crippen LogP) is 3.02. The third-order valence-corrected chi connectivity index (χ3v) is 7.25. The lowest BCUT2D eigenvalue weighted by atomic mass is 10.2. The monoisotopic (exact) mass is 494 g/mol. The Labute approximate surface area is 202 Å². The Kier molecular flexibility index (Phi) is 6.83. The molecule has 0 saturated carbocycles. The summed E-state index contributed by atoms with van der Waals surface area (Å²) in [6.07, 6.45) is 0.603. The number of anilines is 2. The van der Waals surface area contributed by atoms with Crippen LogP contribution < -0.4 is 9.62 Å². The zero-order valence-corrected chi connectivity index (χ0v) is 19.6. The van der Waals surface area contributed by atoms with Crippen molar-refractivity contribution in [1.29, 1.82) is 0 Å². The molecule has 1 aliphatic heterocycles. The van der Waals surface area contributed by atoms with E-state index >= 15 is 0 Å². The number of benzene rings is 3. The van der Waals surface area contributed by atoms with Crippen LogP contribution in [0.3, 0.4) is 0 Å². The number of methoxy groups -OCH3 is 1. The Morgan fingerprint density at radius 2 is 1.69 bits per heavy atom. The molecule has 0 fully saturated rings. The highest BCUT2D eigenvalue weighted by Crippen LogP contribution is 2.32. The summed E-state index contributed by atoms with van der Waals surface area (Å²) in [5.74, 6) is -2.16. The number of carbonyl (C=O) groups excluding carboxylic acids is 3. The van der Waals surface area contributed by atoms with Crippen LogP contribution in [0.1, 0.15) is 26.3 Å². The number of ether oxygens (including phenoxy) is 2. The lowest BCUT2D eigenvalue weighted by Gasteiger charge is -2.19. The van der Waals surface area contributed by atoms with Gasteiger partial charge in [0, 0.05) is 6.54 Å². The van der Waals surface area contributed by atoms with E-state index in [0.717, 1.165) is 5.56 Å². The minimum Gasteiger partial charge on any atom is -0.465 e. The molecule has 0 aliphatic carbocycles. The van der Waals surface area contributed by atoms with Crippen LogP contribution in [0.5, 0.6) is 0 Å². The van der Waals surface area contributed by atoms with Crippen molar-refractivity contribution in [1.82, 2.24) is 0 Å². The van der Waals surface area contributed by atoms with E-state index in [1.165, 1.54) is 47.8 Å². The third-order valence-electron chi connectivity index (χ3n) is 5.44. The number of hydrogen-bond acceptors (Lipinski definition) is 7. The van der Waals surface area contributed by atoms with Crippen LogP contribution in [0.2, 0.25) is 0 Å². The van der Waals surface area contributed by atoms with Crippen LogP contribution in [-0.2, 0) is 30.7 Å². The molecule has 1 amide bonds. The first kappa shape index (κ1) is 24.0. The van der Waals surface area contributed by atoms with E-state index in [1.807, 2.05) is 12.1 Å². The molecule has 0 atom stereocenters. The number of para-hydroxylation sites is 2. The summed E-state index contributed by atoms with van der Waals surface area (Å²) >= 11 is 0. The van der Waals surface area contributed by atoms with Gasteiger partial charge in [0.1, 0.15) is 0 Å². The number of esters is 2. The third kappa shape index (κ3) is 5.02. The largest absolute Gasteiger partial charge is 0.465 e. The number of nitrogens with zero attached hydrogens (tertiary/aromatic N) is 1. The van der Waals surface area contributed by atoms with E-state index in [1.54, 1.807) is 24.3 Å². The molecule has 10 heteroatoms. The zero-order chi connectivity index (χ0) is 25.0. The van der Waals surface area contributed by atoms with E-state index in [-0.39, 0.29) is 21.7 Å². The molecule has 3 aromatic carbocycles. The van der Waals surface area contributed by atoms with Gasteiger partial charge < -0.3 is 14.8 Å². The SMILES string of the molecule is COC(=O)c1ccccc1NC(=O)COC(=O)c1cccc(S(=O)(=O)N2CCc3ccccc32)c1. The second-order valence-corrected chi connectivity index (χ2v) is 9.51. The molecule has 4 rings (SSSR count). The molecule has 1 heterocycles. The van der Waals surface area contributed by atoms with Gasteiger partial charge in [-0.15, -0.1) is 0 Å². The first-order valence-corrected chi connectivity index (χ1v) is 12.1. The van der Waals surface area contributed by atoms with Gasteiger partial charge in [-0.1, -0.05) is 36.4 Å². The highest BCUT2D eigenvalue weighted by molar-refractivity contribution is 7.92. The molecular weight excluding hydrogens is 472 g/mol. The molecule has 0 unspecified atom stereocenters. The Hall–Kier alpha value is -4.18. The normalized spacial score (nSPS) is 12.5. The van der Waals surface area contributed by atoms with E-state index in [9.17, 15) is 22.8 Å². The molecule has 0 radical (unpaired) electrons. The van der Waals surface area contributed by atoms with Gasteiger partial charge in [0.15, 0.2) is 6.61 Å². The fourth-order valence-corrected chi connectivity index (χ4v) is 5.30. The maximum atomic E-state index is 13.2. The molecular formula is C25H22N2O7S. The van der Waals surface area contributed by atoms with Gasteiger partial charge in [-0.2, -0.15) is 0 Å². The number of amides is 1. The van der Waals surface area contributed by atoms with Crippen LogP contribution in [0, 0.1) is 0 Å². The standard InChI is InChI=1S/C25H22N2O7S/c1-33-25(30)20-10-3-4-11-21(20)26-23(28)16-34-24(29)18-8-6-9-19(15-18)35(31,32)27-14-13-17-7-2-5-12-22(17)27/h2-12,15H,13-14,16H2,1H3,(H,26,28). The average molecular weight is 495 g/mol. The molecule has 1 N–H and O–H groups in total. The summed E-state index contributed by atoms with van der Waals surface area (Å²) < 4.78 is 37.5. The molecule has 1 aliphatic rings. The van der Waals surface area contributed by atoms with Crippen LogP contribution in [0.4, 0.5) is 11.4 Å². The zero-order valence-electron chi connectivity index (χ0n) is 18.8. The molecule has 35 heavy (non-hydrogen) atoms. The minimum absolute atomic E-state index is 0.0127. The molecule has 0 spiro atoms. The van der Waals surface area contributed by atoms with E-state index in [0.29, 0.717) is 18.7 Å². The number of sulfonamides is 1. The molecule has 180 valence electrons. The van der Waals surface area contributed by atoms with E-state index < -0.39 is 34.5 Å². The lowest BCUT2D eigenvalue weighted by Crippen LogP contribution is -2.29. The fraction of sp³-hybridized carbons (Fsp3) is 0.160. The number of hydrogen-bond donors (Lipinski definition) is 1. The summed E-state index contributed by atoms with van der Waals surface area (Å²) in [5.41, 5.74) is 1.90. The minimum atomic E-state index is -3.89. The van der Waals surface area contributed by atoms with Gasteiger partial charge in [0.05, 0.1) is 34.5 Å². The van der Waals surface area contributed by atoms with Crippen LogP contribution >= 0.6 is 0 Å². The van der Waals surface area contributed by atoms with Crippen molar-refractivity contribution in [3.05, 3.63) is 89.5 Å². The first-order chi connectivity index (χ1) is 16.8. The lowest BCUT2D eigenvalue weighted by molar-refractivity contribution is -0.119. The Morgan fingerprint density at radius 3 is 2.49 bits per heavy atom. The maximum Gasteiger partial charge on any atom is 0.339 e. The predicted molar refractivity (Wildman–Crippen MR) is 128 cm³/mol. The van der Waals surface area contributed by atoms with E-state index in [2.05, 4.69) is 10.1 Å². The summed E-state index contributed by atoms with van der Waals surface area (Å²) in [4.78, 5) is 36.6. The van der Waals surface area contributed by atoms with Crippen molar-refractivity contribution in [2.45, 2.75) is 11.3 Å². The van der Waals surface area contributed by atoms with Crippen LogP contribution in [0.15, 0.2) is 77.7 Å². The molecule has 0 bridgehead atoms. The van der Waals surface area contributed by atoms with Gasteiger partial charge >= 0.3 is 11.9 Å². The van der Waals surface area contributed by atoms with Crippen molar-refractivity contribution in [2.75, 3.05) is 29.9 Å². The smallest absolute Gasteiger partial charge is 0.339 e. The van der Waals surface area contributed by atoms with Crippen molar-refractivity contribution >= 4 is 39.2 Å². The first-order valence-electron chi connectivity index (χ1n) is 10.7. The molecule has 3 aromatic rings. The quantitative estimate of drug-likeness (QED) is 0.502. The van der Waals surface area contributed by atoms with Crippen LogP contribution in [0.25, 0.3) is 0 Å². The maximum absolute atomic E-state index is 13.2. The fourth-order valence-electron chi connectivity index (χ4n) is 3.75. The summed E-state index contributed by atoms with van der Waals surface area (Å²) in [5, 5.41) is 2.50. The number of nitrogens with one attached hydrogen (secondary N) is 1. The van der Waals surface area contributed by atoms with Gasteiger partial charge in [0.2, 0.25) is 0 Å². The van der Waals surface area contributed by atoms with Crippen molar-refractivity contribution in [2.24, 2.45) is 0 Å². The van der Waals surface area contributed by atoms with Gasteiger partial charge in [-0.3, -0.25) is 9.10 Å². The van der Waals surface area contributed by atoms with E-state index in [4.69, 9.17) is 4.74 Å². The topological polar surface area (TPSA) is 119 Å². The molecule has 0 aromatic heterocycles. The average Bonchev–Trinajstić information content (AvgIpc) is 3.32. The number of carbonyl (C=O) groups is 3. The highest BCUT2D eigenvalue weighted by atomic mass is 32.2. The van der Waals surface area contributed by atoms with Gasteiger partial charge in [-0.25, -0.2) is 18.0 Å². The molecule has 9 nitrogen and oxygen atoms in total. The summed E-state index contributed by atoms with van der Waals surface area (Å²) in [6.45, 7) is -0.325. The Bertz CT molecular complexity index is 1400. The Morgan fingerprint density at radius 1 is 0.943 bits per heavy atom. The second kappa shape index (κ2) is 9.98. The number of fused-ring (bicyclic) bond motifs is 1. The van der Waals surface area contributed by atoms with Crippen molar-refractivity contribution < 1.29 is 32.3 Å². The number of rotatable bonds is 7. The van der Waals surface area contributed by atoms with Crippen molar-refractivity contribution in [3.63, 3.8) is 0 Å². The van der Waals surface area contributed by atoms with Crippen LogP contribution in [-0.4, -0.2) is 46.5 Å². The second-order valence-electron chi connectivity index (χ2n) is 7.65. The molecule has 0 saturated heterocycles. The van der Waals surface area contributed by atoms with Crippen molar-refractivity contribution in [3.8, 4) is 0 Å². The summed E-state index contributed by atoms with van der Waals surface area (Å²) in [7, 11) is -2.67.